The van der Waals surface area contributed by atoms with Crippen molar-refractivity contribution in [3.63, 3.8) is 0 Å². The molecule has 0 aliphatic carbocycles. The highest BCUT2D eigenvalue weighted by molar-refractivity contribution is 7.16. The van der Waals surface area contributed by atoms with Gasteiger partial charge in [-0.1, -0.05) is 6.92 Å². The molecular formula is C12H10O3S. The minimum absolute atomic E-state index is 0.225. The first-order chi connectivity index (χ1) is 7.81. The third kappa shape index (κ3) is 1.23. The number of hydrogen-bond donors (Lipinski definition) is 0. The number of carbonyl (C=O) groups excluding carboxylic acids is 1. The number of thiophene rings is 1. The molecule has 2 aromatic rings. The molecule has 0 bridgehead atoms. The zero-order valence-corrected chi connectivity index (χ0v) is 9.60. The van der Waals surface area contributed by atoms with Crippen LogP contribution >= 0.6 is 11.3 Å². The number of cyclic esters (lactones) is 1. The maximum absolute atomic E-state index is 11.7. The molecule has 1 aliphatic heterocycles. The summed E-state index contributed by atoms with van der Waals surface area (Å²) in [5.74, 6) is 0.525. The van der Waals surface area contributed by atoms with Gasteiger partial charge < -0.3 is 9.15 Å². The second-order valence-corrected chi connectivity index (χ2v) is 4.72. The van der Waals surface area contributed by atoms with Gasteiger partial charge in [-0.2, -0.15) is 0 Å². The van der Waals surface area contributed by atoms with Crippen molar-refractivity contribution in [2.24, 2.45) is 0 Å². The summed E-state index contributed by atoms with van der Waals surface area (Å²) in [7, 11) is 0. The fraction of sp³-hybridized carbons (Fsp3) is 0.250. The molecule has 0 unspecified atom stereocenters. The fourth-order valence-corrected chi connectivity index (χ4v) is 3.16. The molecule has 1 aliphatic rings. The van der Waals surface area contributed by atoms with Crippen LogP contribution in [0.1, 0.15) is 27.7 Å². The second-order valence-electron chi connectivity index (χ2n) is 3.61. The van der Waals surface area contributed by atoms with Gasteiger partial charge in [-0.05, 0) is 18.6 Å². The lowest BCUT2D eigenvalue weighted by atomic mass is 10.1. The molecule has 3 nitrogen and oxygen atoms in total. The van der Waals surface area contributed by atoms with E-state index in [-0.39, 0.29) is 5.97 Å². The molecule has 4 heteroatoms. The Bertz CT molecular complexity index is 537. The van der Waals surface area contributed by atoms with Crippen LogP contribution in [0.4, 0.5) is 0 Å². The predicted octanol–water partition coefficient (Wildman–Crippen LogP) is 3.24. The van der Waals surface area contributed by atoms with Crippen molar-refractivity contribution in [3.05, 3.63) is 34.4 Å². The van der Waals surface area contributed by atoms with E-state index < -0.39 is 0 Å². The molecule has 0 spiro atoms. The zero-order valence-electron chi connectivity index (χ0n) is 8.78. The highest BCUT2D eigenvalue weighted by atomic mass is 32.1. The minimum atomic E-state index is -0.225. The summed E-state index contributed by atoms with van der Waals surface area (Å²) in [4.78, 5) is 13.8. The number of aryl methyl sites for hydroxylation is 1. The Morgan fingerprint density at radius 1 is 1.50 bits per heavy atom. The summed E-state index contributed by atoms with van der Waals surface area (Å²) in [5.41, 5.74) is 1.75. The van der Waals surface area contributed by atoms with Crippen LogP contribution in [-0.4, -0.2) is 5.97 Å². The van der Waals surface area contributed by atoms with E-state index >= 15 is 0 Å². The Hall–Kier alpha value is -1.55. The van der Waals surface area contributed by atoms with Gasteiger partial charge in [0.05, 0.1) is 16.7 Å². The third-order valence-electron chi connectivity index (χ3n) is 2.71. The van der Waals surface area contributed by atoms with Crippen molar-refractivity contribution in [2.75, 3.05) is 0 Å². The van der Waals surface area contributed by atoms with Crippen molar-refractivity contribution < 1.29 is 13.9 Å². The Morgan fingerprint density at radius 2 is 2.38 bits per heavy atom. The van der Waals surface area contributed by atoms with E-state index in [1.165, 1.54) is 4.88 Å². The molecule has 0 aromatic carbocycles. The average molecular weight is 234 g/mol. The van der Waals surface area contributed by atoms with Crippen LogP contribution in [-0.2, 0) is 17.8 Å². The van der Waals surface area contributed by atoms with Crippen LogP contribution in [0, 0.1) is 0 Å². The first kappa shape index (κ1) is 9.66. The van der Waals surface area contributed by atoms with Gasteiger partial charge in [0.25, 0.3) is 0 Å². The number of fused-ring (bicyclic) bond motifs is 1. The molecule has 3 heterocycles. The molecule has 0 N–H and O–H groups in total. The van der Waals surface area contributed by atoms with E-state index in [4.69, 9.17) is 9.15 Å². The van der Waals surface area contributed by atoms with E-state index in [9.17, 15) is 4.79 Å². The SMILES string of the molecule is CCc1sc(-c2ccco2)c2c1COC2=O. The molecule has 0 radical (unpaired) electrons. The lowest BCUT2D eigenvalue weighted by molar-refractivity contribution is 0.0535. The highest BCUT2D eigenvalue weighted by Crippen LogP contribution is 2.40. The number of ether oxygens (including phenoxy) is 1. The molecule has 0 saturated carbocycles. The van der Waals surface area contributed by atoms with Gasteiger partial charge in [0.15, 0.2) is 0 Å². The maximum atomic E-state index is 11.7. The Kier molecular flexibility index (Phi) is 2.11. The molecule has 82 valence electrons. The third-order valence-corrected chi connectivity index (χ3v) is 4.10. The lowest BCUT2D eigenvalue weighted by Crippen LogP contribution is -1.93. The van der Waals surface area contributed by atoms with Crippen molar-refractivity contribution in [3.8, 4) is 10.6 Å². The van der Waals surface area contributed by atoms with Gasteiger partial charge in [0, 0.05) is 10.4 Å². The quantitative estimate of drug-likeness (QED) is 0.749. The zero-order chi connectivity index (χ0) is 11.1. The first-order valence-electron chi connectivity index (χ1n) is 5.16. The van der Waals surface area contributed by atoms with Crippen molar-refractivity contribution in [2.45, 2.75) is 20.0 Å². The van der Waals surface area contributed by atoms with E-state index in [2.05, 4.69) is 6.92 Å². The van der Waals surface area contributed by atoms with Crippen LogP contribution < -0.4 is 0 Å². The minimum Gasteiger partial charge on any atom is -0.463 e. The van der Waals surface area contributed by atoms with Crippen molar-refractivity contribution in [1.29, 1.82) is 0 Å². The van der Waals surface area contributed by atoms with Crippen LogP contribution in [0.15, 0.2) is 22.8 Å². The number of hydrogen-bond acceptors (Lipinski definition) is 4. The molecule has 16 heavy (non-hydrogen) atoms. The highest BCUT2D eigenvalue weighted by Gasteiger charge is 2.31. The van der Waals surface area contributed by atoms with Gasteiger partial charge >= 0.3 is 5.97 Å². The fourth-order valence-electron chi connectivity index (χ4n) is 1.96. The van der Waals surface area contributed by atoms with E-state index in [0.717, 1.165) is 22.6 Å². The monoisotopic (exact) mass is 234 g/mol. The average Bonchev–Trinajstić information content (AvgIpc) is 2.96. The van der Waals surface area contributed by atoms with Crippen LogP contribution in [0.5, 0.6) is 0 Å². The molecule has 0 saturated heterocycles. The molecular weight excluding hydrogens is 224 g/mol. The maximum Gasteiger partial charge on any atom is 0.340 e. The van der Waals surface area contributed by atoms with Crippen LogP contribution in [0.25, 0.3) is 10.6 Å². The summed E-state index contributed by atoms with van der Waals surface area (Å²) in [6.07, 6.45) is 2.54. The summed E-state index contributed by atoms with van der Waals surface area (Å²) in [6.45, 7) is 2.50. The van der Waals surface area contributed by atoms with Crippen molar-refractivity contribution in [1.82, 2.24) is 0 Å². The number of esters is 1. The second kappa shape index (κ2) is 3.49. The molecule has 2 aromatic heterocycles. The number of furan rings is 1. The summed E-state index contributed by atoms with van der Waals surface area (Å²) in [5, 5.41) is 0. The Balaban J connectivity index is 2.23. The summed E-state index contributed by atoms with van der Waals surface area (Å²) in [6, 6.07) is 3.70. The van der Waals surface area contributed by atoms with E-state index in [1.807, 2.05) is 12.1 Å². The Labute approximate surface area is 96.7 Å². The first-order valence-corrected chi connectivity index (χ1v) is 5.98. The number of rotatable bonds is 2. The molecule has 0 atom stereocenters. The van der Waals surface area contributed by atoms with Gasteiger partial charge in [-0.15, -0.1) is 11.3 Å². The molecule has 3 rings (SSSR count). The predicted molar refractivity (Wildman–Crippen MR) is 60.5 cm³/mol. The van der Waals surface area contributed by atoms with Crippen LogP contribution in [0.2, 0.25) is 0 Å². The van der Waals surface area contributed by atoms with Crippen LogP contribution in [0.3, 0.4) is 0 Å². The normalized spacial score (nSPS) is 13.9. The molecule has 0 amide bonds. The number of carbonyl (C=O) groups is 1. The van der Waals surface area contributed by atoms with Gasteiger partial charge in [0.1, 0.15) is 12.4 Å². The lowest BCUT2D eigenvalue weighted by Gasteiger charge is -1.95. The topological polar surface area (TPSA) is 39.4 Å². The smallest absolute Gasteiger partial charge is 0.340 e. The summed E-state index contributed by atoms with van der Waals surface area (Å²) < 4.78 is 10.4. The van der Waals surface area contributed by atoms with Gasteiger partial charge in [-0.25, -0.2) is 4.79 Å². The van der Waals surface area contributed by atoms with Gasteiger partial charge in [-0.3, -0.25) is 0 Å². The van der Waals surface area contributed by atoms with E-state index in [1.54, 1.807) is 17.6 Å². The van der Waals surface area contributed by atoms with Gasteiger partial charge in [0.2, 0.25) is 0 Å². The van der Waals surface area contributed by atoms with Crippen molar-refractivity contribution >= 4 is 17.3 Å². The molecule has 0 fully saturated rings. The summed E-state index contributed by atoms with van der Waals surface area (Å²) >= 11 is 1.63. The largest absolute Gasteiger partial charge is 0.463 e. The van der Waals surface area contributed by atoms with E-state index in [0.29, 0.717) is 12.2 Å². The Morgan fingerprint density at radius 3 is 3.06 bits per heavy atom. The standard InChI is InChI=1S/C12H10O3S/c1-2-9-7-6-15-12(13)10(7)11(16-9)8-4-3-5-14-8/h3-5H,2,6H2,1H3.